The van der Waals surface area contributed by atoms with Crippen LogP contribution in [0.3, 0.4) is 0 Å². The van der Waals surface area contributed by atoms with Crippen LogP contribution in [0.5, 0.6) is 0 Å². The summed E-state index contributed by atoms with van der Waals surface area (Å²) in [7, 11) is 0. The molecule has 2 fully saturated rings. The maximum Gasteiger partial charge on any atom is 0.308 e. The number of carboxylic acid groups (broad SMARTS) is 1. The SMILES string of the molecule is CC1CC(C(=O)N2C[C@@H](C(=O)O)[C@H](c3ccc(Cl)cc3)C2)C(C)O1. The number of benzene rings is 1. The van der Waals surface area contributed by atoms with E-state index in [2.05, 4.69) is 0 Å². The topological polar surface area (TPSA) is 66.8 Å². The zero-order valence-corrected chi connectivity index (χ0v) is 14.6. The van der Waals surface area contributed by atoms with Gasteiger partial charge in [0.05, 0.1) is 24.0 Å². The quantitative estimate of drug-likeness (QED) is 0.909. The van der Waals surface area contributed by atoms with Crippen LogP contribution in [-0.4, -0.2) is 47.2 Å². The molecular weight excluding hydrogens is 330 g/mol. The first-order valence-electron chi connectivity index (χ1n) is 8.29. The van der Waals surface area contributed by atoms with E-state index in [0.29, 0.717) is 18.0 Å². The normalized spacial score (nSPS) is 33.0. The number of carbonyl (C=O) groups is 2. The Labute approximate surface area is 146 Å². The molecule has 130 valence electrons. The first-order valence-corrected chi connectivity index (χ1v) is 8.67. The number of amides is 1. The van der Waals surface area contributed by atoms with Crippen LogP contribution in [0.4, 0.5) is 0 Å². The molecule has 0 spiro atoms. The van der Waals surface area contributed by atoms with E-state index in [1.165, 1.54) is 0 Å². The molecule has 2 heterocycles. The average molecular weight is 352 g/mol. The molecule has 5 nitrogen and oxygen atoms in total. The highest BCUT2D eigenvalue weighted by Crippen LogP contribution is 2.36. The second-order valence-electron chi connectivity index (χ2n) is 6.84. The number of likely N-dealkylation sites (tertiary alicyclic amines) is 1. The lowest BCUT2D eigenvalue weighted by Gasteiger charge is -2.22. The number of ether oxygens (including phenoxy) is 1. The predicted octanol–water partition coefficient (Wildman–Crippen LogP) is 2.78. The lowest BCUT2D eigenvalue weighted by Crippen LogP contribution is -2.37. The Morgan fingerprint density at radius 3 is 2.38 bits per heavy atom. The van der Waals surface area contributed by atoms with Crippen LogP contribution >= 0.6 is 11.6 Å². The number of carboxylic acids is 1. The van der Waals surface area contributed by atoms with Crippen molar-refractivity contribution in [2.75, 3.05) is 13.1 Å². The fraction of sp³-hybridized carbons (Fsp3) is 0.556. The molecule has 3 unspecified atom stereocenters. The number of rotatable bonds is 3. The lowest BCUT2D eigenvalue weighted by molar-refractivity contribution is -0.142. The number of halogens is 1. The van der Waals surface area contributed by atoms with E-state index < -0.39 is 11.9 Å². The van der Waals surface area contributed by atoms with Gasteiger partial charge in [-0.2, -0.15) is 0 Å². The molecule has 24 heavy (non-hydrogen) atoms. The minimum absolute atomic E-state index is 0.00886. The maximum absolute atomic E-state index is 12.8. The van der Waals surface area contributed by atoms with Gasteiger partial charge in [-0.3, -0.25) is 9.59 Å². The van der Waals surface area contributed by atoms with Crippen molar-refractivity contribution in [2.45, 2.75) is 38.4 Å². The van der Waals surface area contributed by atoms with Gasteiger partial charge in [0.25, 0.3) is 0 Å². The van der Waals surface area contributed by atoms with Gasteiger partial charge < -0.3 is 14.7 Å². The Balaban J connectivity index is 1.78. The highest BCUT2D eigenvalue weighted by molar-refractivity contribution is 6.30. The van der Waals surface area contributed by atoms with E-state index in [0.717, 1.165) is 5.56 Å². The van der Waals surface area contributed by atoms with Crippen molar-refractivity contribution >= 4 is 23.5 Å². The van der Waals surface area contributed by atoms with Crippen LogP contribution < -0.4 is 0 Å². The third-order valence-corrected chi connectivity index (χ3v) is 5.42. The van der Waals surface area contributed by atoms with Gasteiger partial charge >= 0.3 is 5.97 Å². The van der Waals surface area contributed by atoms with Crippen molar-refractivity contribution in [3.63, 3.8) is 0 Å². The van der Waals surface area contributed by atoms with Crippen molar-refractivity contribution in [2.24, 2.45) is 11.8 Å². The largest absolute Gasteiger partial charge is 0.481 e. The predicted molar refractivity (Wildman–Crippen MR) is 90.0 cm³/mol. The number of aliphatic carboxylic acids is 1. The molecule has 0 bridgehead atoms. The summed E-state index contributed by atoms with van der Waals surface area (Å²) in [6, 6.07) is 7.21. The summed E-state index contributed by atoms with van der Waals surface area (Å²) in [5.74, 6) is -1.84. The van der Waals surface area contributed by atoms with Crippen molar-refractivity contribution in [1.29, 1.82) is 0 Å². The van der Waals surface area contributed by atoms with Crippen molar-refractivity contribution < 1.29 is 19.4 Å². The van der Waals surface area contributed by atoms with Crippen LogP contribution in [0.1, 0.15) is 31.7 Å². The molecular formula is C18H22ClNO4. The molecule has 5 atom stereocenters. The molecule has 1 aromatic carbocycles. The Bertz CT molecular complexity index is 632. The molecule has 1 N–H and O–H groups in total. The van der Waals surface area contributed by atoms with E-state index in [9.17, 15) is 14.7 Å². The Morgan fingerprint density at radius 1 is 1.17 bits per heavy atom. The second-order valence-corrected chi connectivity index (χ2v) is 7.28. The summed E-state index contributed by atoms with van der Waals surface area (Å²) in [6.07, 6.45) is 0.643. The van der Waals surface area contributed by atoms with Crippen LogP contribution in [0, 0.1) is 11.8 Å². The fourth-order valence-corrected chi connectivity index (χ4v) is 4.01. The highest BCUT2D eigenvalue weighted by atomic mass is 35.5. The Hall–Kier alpha value is -1.59. The average Bonchev–Trinajstić information content (AvgIpc) is 3.11. The lowest BCUT2D eigenvalue weighted by atomic mass is 9.89. The Kier molecular flexibility index (Phi) is 4.83. The van der Waals surface area contributed by atoms with Gasteiger partial charge in [-0.15, -0.1) is 0 Å². The smallest absolute Gasteiger partial charge is 0.308 e. The minimum atomic E-state index is -0.866. The molecule has 0 saturated carbocycles. The first kappa shape index (κ1) is 17.2. The van der Waals surface area contributed by atoms with Gasteiger partial charge in [0.15, 0.2) is 0 Å². The van der Waals surface area contributed by atoms with E-state index >= 15 is 0 Å². The van der Waals surface area contributed by atoms with Gasteiger partial charge in [-0.1, -0.05) is 23.7 Å². The first-order chi connectivity index (χ1) is 11.4. The molecule has 1 aromatic rings. The number of nitrogens with zero attached hydrogens (tertiary/aromatic N) is 1. The maximum atomic E-state index is 12.8. The molecule has 0 radical (unpaired) electrons. The van der Waals surface area contributed by atoms with E-state index in [1.54, 1.807) is 17.0 Å². The summed E-state index contributed by atoms with van der Waals surface area (Å²) >= 11 is 5.92. The van der Waals surface area contributed by atoms with E-state index in [1.807, 2.05) is 26.0 Å². The van der Waals surface area contributed by atoms with Gasteiger partial charge in [0.1, 0.15) is 0 Å². The molecule has 2 aliphatic heterocycles. The van der Waals surface area contributed by atoms with Gasteiger partial charge in [-0.05, 0) is 38.0 Å². The Morgan fingerprint density at radius 2 is 1.83 bits per heavy atom. The summed E-state index contributed by atoms with van der Waals surface area (Å²) in [4.78, 5) is 26.2. The van der Waals surface area contributed by atoms with Crippen LogP contribution in [0.2, 0.25) is 5.02 Å². The fourth-order valence-electron chi connectivity index (χ4n) is 3.88. The summed E-state index contributed by atoms with van der Waals surface area (Å²) < 4.78 is 5.67. The van der Waals surface area contributed by atoms with Crippen molar-refractivity contribution in [3.05, 3.63) is 34.9 Å². The molecule has 2 aliphatic rings. The number of hydrogen-bond donors (Lipinski definition) is 1. The molecule has 3 rings (SSSR count). The van der Waals surface area contributed by atoms with Gasteiger partial charge in [0, 0.05) is 24.0 Å². The number of hydrogen-bond acceptors (Lipinski definition) is 3. The van der Waals surface area contributed by atoms with Crippen molar-refractivity contribution in [1.82, 2.24) is 4.90 Å². The van der Waals surface area contributed by atoms with Crippen molar-refractivity contribution in [3.8, 4) is 0 Å². The van der Waals surface area contributed by atoms with Crippen LogP contribution in [-0.2, 0) is 14.3 Å². The monoisotopic (exact) mass is 351 g/mol. The van der Waals surface area contributed by atoms with Crippen LogP contribution in [0.15, 0.2) is 24.3 Å². The van der Waals surface area contributed by atoms with E-state index in [4.69, 9.17) is 16.3 Å². The zero-order chi connectivity index (χ0) is 17.4. The van der Waals surface area contributed by atoms with E-state index in [-0.39, 0.29) is 36.5 Å². The molecule has 1 amide bonds. The van der Waals surface area contributed by atoms with Gasteiger partial charge in [-0.25, -0.2) is 0 Å². The number of carbonyl (C=O) groups excluding carboxylic acids is 1. The standard InChI is InChI=1S/C18H22ClNO4/c1-10-7-14(11(2)24-10)17(21)20-8-15(16(9-20)18(22)23)12-3-5-13(19)6-4-12/h3-6,10-11,14-16H,7-9H2,1-2H3,(H,22,23)/t10?,11?,14?,15-,16+/m0/s1. The second kappa shape index (κ2) is 6.73. The summed E-state index contributed by atoms with van der Waals surface area (Å²) in [5, 5.41) is 10.2. The molecule has 0 aliphatic carbocycles. The molecule has 6 heteroatoms. The summed E-state index contributed by atoms with van der Waals surface area (Å²) in [6.45, 7) is 4.55. The van der Waals surface area contributed by atoms with Gasteiger partial charge in [0.2, 0.25) is 5.91 Å². The zero-order valence-electron chi connectivity index (χ0n) is 13.8. The third kappa shape index (κ3) is 3.28. The third-order valence-electron chi connectivity index (χ3n) is 5.16. The highest BCUT2D eigenvalue weighted by Gasteiger charge is 2.44. The van der Waals surface area contributed by atoms with Crippen LogP contribution in [0.25, 0.3) is 0 Å². The minimum Gasteiger partial charge on any atom is -0.481 e. The molecule has 0 aromatic heterocycles. The summed E-state index contributed by atoms with van der Waals surface area (Å²) in [5.41, 5.74) is 0.909. The molecule has 2 saturated heterocycles.